The van der Waals surface area contributed by atoms with Crippen LogP contribution in [0.15, 0.2) is 18.2 Å². The first kappa shape index (κ1) is 12.1. The molecule has 0 radical (unpaired) electrons. The maximum absolute atomic E-state index is 13.2. The number of rotatable bonds is 5. The lowest BCUT2D eigenvalue weighted by Crippen LogP contribution is -2.31. The number of hydrogen-bond acceptors (Lipinski definition) is 2. The van der Waals surface area contributed by atoms with Crippen LogP contribution in [0.5, 0.6) is 0 Å². The summed E-state index contributed by atoms with van der Waals surface area (Å²) < 4.78 is 26.0. The van der Waals surface area contributed by atoms with E-state index in [-0.39, 0.29) is 24.8 Å². The van der Waals surface area contributed by atoms with Gasteiger partial charge in [0.1, 0.15) is 11.6 Å². The topological polar surface area (TPSA) is 32.3 Å². The number of benzene rings is 1. The molecule has 1 aromatic carbocycles. The number of halogens is 2. The van der Waals surface area contributed by atoms with Gasteiger partial charge in [0.05, 0.1) is 6.61 Å². The Morgan fingerprint density at radius 1 is 1.40 bits per heavy atom. The van der Waals surface area contributed by atoms with E-state index >= 15 is 0 Å². The Morgan fingerprint density at radius 3 is 2.73 bits per heavy atom. The van der Waals surface area contributed by atoms with Crippen LogP contribution < -0.4 is 5.32 Å². The second-order valence-corrected chi connectivity index (χ2v) is 3.40. The Morgan fingerprint density at radius 2 is 2.13 bits per heavy atom. The van der Waals surface area contributed by atoms with Crippen molar-refractivity contribution in [3.8, 4) is 0 Å². The molecule has 1 aromatic rings. The second-order valence-electron chi connectivity index (χ2n) is 3.40. The van der Waals surface area contributed by atoms with Crippen LogP contribution in [0.1, 0.15) is 18.9 Å². The third-order valence-corrected chi connectivity index (χ3v) is 2.30. The predicted octanol–water partition coefficient (Wildman–Crippen LogP) is 1.83. The van der Waals surface area contributed by atoms with Gasteiger partial charge >= 0.3 is 0 Å². The minimum atomic E-state index is -0.453. The standard InChI is InChI=1S/C11H15F2NO/c1-2-10(7-15)14-6-8-5-9(12)3-4-11(8)13/h3-5,10,14-15H,2,6-7H2,1H3. The summed E-state index contributed by atoms with van der Waals surface area (Å²) in [6, 6.07) is 3.27. The molecule has 0 fully saturated rings. The Labute approximate surface area is 87.9 Å². The van der Waals surface area contributed by atoms with E-state index in [4.69, 9.17) is 5.11 Å². The third kappa shape index (κ3) is 3.57. The van der Waals surface area contributed by atoms with Crippen LogP contribution in [0.3, 0.4) is 0 Å². The molecule has 1 rings (SSSR count). The Balaban J connectivity index is 2.60. The first-order chi connectivity index (χ1) is 7.17. The average molecular weight is 215 g/mol. The molecule has 2 N–H and O–H groups in total. The van der Waals surface area contributed by atoms with Crippen LogP contribution in [0.2, 0.25) is 0 Å². The van der Waals surface area contributed by atoms with Gasteiger partial charge in [0.15, 0.2) is 0 Å². The zero-order valence-electron chi connectivity index (χ0n) is 8.63. The lowest BCUT2D eigenvalue weighted by Gasteiger charge is -2.14. The molecule has 0 bridgehead atoms. The van der Waals surface area contributed by atoms with Gasteiger partial charge in [0, 0.05) is 18.2 Å². The second kappa shape index (κ2) is 5.78. The molecule has 0 aliphatic heterocycles. The predicted molar refractivity (Wildman–Crippen MR) is 54.4 cm³/mol. The highest BCUT2D eigenvalue weighted by Crippen LogP contribution is 2.09. The van der Waals surface area contributed by atoms with Crippen LogP contribution in [0.4, 0.5) is 8.78 Å². The third-order valence-electron chi connectivity index (χ3n) is 2.30. The van der Waals surface area contributed by atoms with Crippen LogP contribution >= 0.6 is 0 Å². The molecule has 2 nitrogen and oxygen atoms in total. The lowest BCUT2D eigenvalue weighted by atomic mass is 10.1. The number of aliphatic hydroxyl groups excluding tert-OH is 1. The maximum Gasteiger partial charge on any atom is 0.127 e. The Hall–Kier alpha value is -1.00. The average Bonchev–Trinajstić information content (AvgIpc) is 2.24. The maximum atomic E-state index is 13.2. The van der Waals surface area contributed by atoms with Gasteiger partial charge in [-0.05, 0) is 24.6 Å². The molecule has 0 heterocycles. The van der Waals surface area contributed by atoms with Gasteiger partial charge in [-0.3, -0.25) is 0 Å². The molecular weight excluding hydrogens is 200 g/mol. The molecule has 84 valence electrons. The summed E-state index contributed by atoms with van der Waals surface area (Å²) in [5.41, 5.74) is 0.280. The van der Waals surface area contributed by atoms with Crippen molar-refractivity contribution in [3.63, 3.8) is 0 Å². The largest absolute Gasteiger partial charge is 0.395 e. The van der Waals surface area contributed by atoms with Gasteiger partial charge in [-0.15, -0.1) is 0 Å². The fraction of sp³-hybridized carbons (Fsp3) is 0.455. The molecule has 0 amide bonds. The minimum Gasteiger partial charge on any atom is -0.395 e. The first-order valence-corrected chi connectivity index (χ1v) is 4.95. The van der Waals surface area contributed by atoms with Gasteiger partial charge in [0.2, 0.25) is 0 Å². The highest BCUT2D eigenvalue weighted by molar-refractivity contribution is 5.18. The molecule has 1 atom stereocenters. The van der Waals surface area contributed by atoms with E-state index < -0.39 is 11.6 Å². The van der Waals surface area contributed by atoms with Crippen LogP contribution in [-0.2, 0) is 6.54 Å². The van der Waals surface area contributed by atoms with Gasteiger partial charge < -0.3 is 10.4 Å². The fourth-order valence-corrected chi connectivity index (χ4v) is 1.27. The van der Waals surface area contributed by atoms with Crippen molar-refractivity contribution >= 4 is 0 Å². The number of hydrogen-bond donors (Lipinski definition) is 2. The van der Waals surface area contributed by atoms with Crippen molar-refractivity contribution in [2.24, 2.45) is 0 Å². The Bertz CT molecular complexity index is 313. The van der Waals surface area contributed by atoms with Crippen molar-refractivity contribution in [2.45, 2.75) is 25.9 Å². The normalized spacial score (nSPS) is 12.8. The summed E-state index contributed by atoms with van der Waals surface area (Å²) in [6.07, 6.45) is 0.743. The van der Waals surface area contributed by atoms with Crippen molar-refractivity contribution in [1.29, 1.82) is 0 Å². The van der Waals surface area contributed by atoms with Gasteiger partial charge in [0.25, 0.3) is 0 Å². The van der Waals surface area contributed by atoms with E-state index in [0.29, 0.717) is 0 Å². The van der Waals surface area contributed by atoms with Gasteiger partial charge in [-0.1, -0.05) is 6.92 Å². The molecule has 0 saturated carbocycles. The molecule has 0 spiro atoms. The lowest BCUT2D eigenvalue weighted by molar-refractivity contribution is 0.238. The highest BCUT2D eigenvalue weighted by Gasteiger charge is 2.07. The first-order valence-electron chi connectivity index (χ1n) is 4.95. The van der Waals surface area contributed by atoms with Crippen LogP contribution in [-0.4, -0.2) is 17.8 Å². The minimum absolute atomic E-state index is 0.00651. The quantitative estimate of drug-likeness (QED) is 0.785. The Kier molecular flexibility index (Phi) is 4.65. The molecule has 1 unspecified atom stereocenters. The van der Waals surface area contributed by atoms with Crippen molar-refractivity contribution < 1.29 is 13.9 Å². The zero-order valence-corrected chi connectivity index (χ0v) is 8.63. The van der Waals surface area contributed by atoms with Crippen molar-refractivity contribution in [3.05, 3.63) is 35.4 Å². The number of nitrogens with one attached hydrogen (secondary N) is 1. The fourth-order valence-electron chi connectivity index (χ4n) is 1.27. The van der Waals surface area contributed by atoms with E-state index in [2.05, 4.69) is 5.32 Å². The number of aliphatic hydroxyl groups is 1. The molecule has 4 heteroatoms. The smallest absolute Gasteiger partial charge is 0.127 e. The molecule has 15 heavy (non-hydrogen) atoms. The molecule has 0 aliphatic carbocycles. The van der Waals surface area contributed by atoms with Crippen LogP contribution in [0, 0.1) is 11.6 Å². The van der Waals surface area contributed by atoms with Gasteiger partial charge in [-0.25, -0.2) is 8.78 Å². The highest BCUT2D eigenvalue weighted by atomic mass is 19.1. The summed E-state index contributed by atoms with van der Waals surface area (Å²) in [5, 5.41) is 11.8. The SMILES string of the molecule is CCC(CO)NCc1cc(F)ccc1F. The summed E-state index contributed by atoms with van der Waals surface area (Å²) in [5.74, 6) is -0.887. The summed E-state index contributed by atoms with van der Waals surface area (Å²) in [7, 11) is 0. The monoisotopic (exact) mass is 215 g/mol. The van der Waals surface area contributed by atoms with Crippen LogP contribution in [0.25, 0.3) is 0 Å². The molecule has 0 aliphatic rings. The van der Waals surface area contributed by atoms with E-state index in [0.717, 1.165) is 24.6 Å². The van der Waals surface area contributed by atoms with E-state index in [9.17, 15) is 8.78 Å². The van der Waals surface area contributed by atoms with Crippen molar-refractivity contribution in [1.82, 2.24) is 5.32 Å². The van der Waals surface area contributed by atoms with E-state index in [1.54, 1.807) is 0 Å². The van der Waals surface area contributed by atoms with E-state index in [1.165, 1.54) is 0 Å². The summed E-state index contributed by atoms with van der Waals surface area (Å²) in [6.45, 7) is 2.13. The van der Waals surface area contributed by atoms with Gasteiger partial charge in [-0.2, -0.15) is 0 Å². The van der Waals surface area contributed by atoms with Crippen molar-refractivity contribution in [2.75, 3.05) is 6.61 Å². The molecular formula is C11H15F2NO. The molecule has 0 saturated heterocycles. The molecule has 0 aromatic heterocycles. The summed E-state index contributed by atoms with van der Waals surface area (Å²) >= 11 is 0. The zero-order chi connectivity index (χ0) is 11.3. The van der Waals surface area contributed by atoms with E-state index in [1.807, 2.05) is 6.92 Å². The summed E-state index contributed by atoms with van der Waals surface area (Å²) in [4.78, 5) is 0.